The summed E-state index contributed by atoms with van der Waals surface area (Å²) < 4.78 is 8.31. The molecule has 1 aromatic carbocycles. The van der Waals surface area contributed by atoms with Crippen molar-refractivity contribution in [3.05, 3.63) is 40.6 Å². The lowest BCUT2D eigenvalue weighted by Gasteiger charge is -2.25. The van der Waals surface area contributed by atoms with Gasteiger partial charge in [0.2, 0.25) is 11.9 Å². The Kier molecular flexibility index (Phi) is 3.48. The van der Waals surface area contributed by atoms with Crippen LogP contribution in [0.4, 0.5) is 5.95 Å². The maximum absolute atomic E-state index is 12.5. The van der Waals surface area contributed by atoms with Gasteiger partial charge in [0.25, 0.3) is 0 Å². The summed E-state index contributed by atoms with van der Waals surface area (Å²) in [6, 6.07) is 5.74. The molecule has 1 N–H and O–H groups in total. The first-order chi connectivity index (χ1) is 9.65. The molecular formula is C14H14BrN3O2. The van der Waals surface area contributed by atoms with Crippen LogP contribution < -0.4 is 10.1 Å². The number of carbonyl (C=O) groups excluding carboxylic acids is 1. The van der Waals surface area contributed by atoms with Crippen LogP contribution >= 0.6 is 15.9 Å². The smallest absolute Gasteiger partial charge is 0.234 e. The molecule has 2 heterocycles. The lowest BCUT2D eigenvalue weighted by molar-refractivity contribution is -0.118. The number of hydrogen-bond donors (Lipinski definition) is 1. The number of amides is 1. The quantitative estimate of drug-likeness (QED) is 0.917. The molecule has 20 heavy (non-hydrogen) atoms. The number of hydrogen-bond acceptors (Lipinski definition) is 3. The number of anilines is 1. The maximum atomic E-state index is 12.5. The van der Waals surface area contributed by atoms with Crippen molar-refractivity contribution in [2.45, 2.75) is 12.3 Å². The molecule has 1 unspecified atom stereocenters. The molecule has 0 radical (unpaired) electrons. The van der Waals surface area contributed by atoms with E-state index in [9.17, 15) is 4.79 Å². The Balaban J connectivity index is 1.87. The fourth-order valence-corrected chi connectivity index (χ4v) is 2.70. The average Bonchev–Trinajstić information content (AvgIpc) is 2.83. The predicted octanol–water partition coefficient (Wildman–Crippen LogP) is 2.69. The summed E-state index contributed by atoms with van der Waals surface area (Å²) in [5, 5.41) is 2.86. The second-order valence-electron chi connectivity index (χ2n) is 4.72. The summed E-state index contributed by atoms with van der Waals surface area (Å²) in [5.41, 5.74) is 0.914. The molecule has 5 nitrogen and oxygen atoms in total. The number of nitrogens with zero attached hydrogens (tertiary/aromatic N) is 2. The number of rotatable bonds is 2. The van der Waals surface area contributed by atoms with E-state index >= 15 is 0 Å². The lowest BCUT2D eigenvalue weighted by Crippen LogP contribution is -2.27. The summed E-state index contributed by atoms with van der Waals surface area (Å²) >= 11 is 3.44. The van der Waals surface area contributed by atoms with Crippen molar-refractivity contribution in [2.75, 3.05) is 11.9 Å². The Labute approximate surface area is 125 Å². The molecule has 3 rings (SSSR count). The molecule has 0 bridgehead atoms. The molecule has 0 aliphatic carbocycles. The predicted molar refractivity (Wildman–Crippen MR) is 78.8 cm³/mol. The third-order valence-corrected chi connectivity index (χ3v) is 3.88. The molecule has 1 aromatic heterocycles. The van der Waals surface area contributed by atoms with E-state index in [1.807, 2.05) is 25.2 Å². The molecule has 0 saturated heterocycles. The zero-order valence-electron chi connectivity index (χ0n) is 11.0. The molecule has 1 atom stereocenters. The van der Waals surface area contributed by atoms with Crippen molar-refractivity contribution in [3.8, 4) is 5.75 Å². The van der Waals surface area contributed by atoms with Gasteiger partial charge in [-0.25, -0.2) is 4.98 Å². The number of benzene rings is 1. The van der Waals surface area contributed by atoms with Crippen LogP contribution in [0.2, 0.25) is 0 Å². The van der Waals surface area contributed by atoms with Crippen LogP contribution in [0.3, 0.4) is 0 Å². The molecule has 104 valence electrons. The summed E-state index contributed by atoms with van der Waals surface area (Å²) in [7, 11) is 1.84. The normalized spacial score (nSPS) is 17.2. The Morgan fingerprint density at radius 3 is 3.15 bits per heavy atom. The SMILES string of the molecule is Cn1ccnc1NC(=O)C1CCOc2ccc(Br)cc21. The van der Waals surface area contributed by atoms with Crippen LogP contribution in [0.25, 0.3) is 0 Å². The van der Waals surface area contributed by atoms with Crippen LogP contribution in [0, 0.1) is 0 Å². The van der Waals surface area contributed by atoms with E-state index in [-0.39, 0.29) is 11.8 Å². The first kappa shape index (κ1) is 13.2. The van der Waals surface area contributed by atoms with Gasteiger partial charge in [-0.1, -0.05) is 15.9 Å². The van der Waals surface area contributed by atoms with Crippen molar-refractivity contribution >= 4 is 27.8 Å². The van der Waals surface area contributed by atoms with Gasteiger partial charge in [0, 0.05) is 29.5 Å². The molecule has 0 fully saturated rings. The largest absolute Gasteiger partial charge is 0.493 e. The van der Waals surface area contributed by atoms with Crippen LogP contribution in [0.15, 0.2) is 35.1 Å². The standard InChI is InChI=1S/C14H14BrN3O2/c1-18-6-5-16-14(18)17-13(19)10-4-7-20-12-3-2-9(15)8-11(10)12/h2-3,5-6,8,10H,4,7H2,1H3,(H,16,17,19). The zero-order chi connectivity index (χ0) is 14.1. The molecular weight excluding hydrogens is 322 g/mol. The van der Waals surface area contributed by atoms with Gasteiger partial charge in [-0.15, -0.1) is 0 Å². The van der Waals surface area contributed by atoms with Gasteiger partial charge in [0.15, 0.2) is 0 Å². The van der Waals surface area contributed by atoms with Crippen molar-refractivity contribution < 1.29 is 9.53 Å². The first-order valence-electron chi connectivity index (χ1n) is 6.35. The van der Waals surface area contributed by atoms with E-state index in [0.717, 1.165) is 15.8 Å². The fraction of sp³-hybridized carbons (Fsp3) is 0.286. The monoisotopic (exact) mass is 335 g/mol. The number of aromatic nitrogens is 2. The van der Waals surface area contributed by atoms with Crippen molar-refractivity contribution in [1.29, 1.82) is 0 Å². The number of carbonyl (C=O) groups is 1. The summed E-state index contributed by atoms with van der Waals surface area (Å²) in [6.07, 6.45) is 4.12. The van der Waals surface area contributed by atoms with Crippen LogP contribution in [0.5, 0.6) is 5.75 Å². The average molecular weight is 336 g/mol. The van der Waals surface area contributed by atoms with Gasteiger partial charge < -0.3 is 9.30 Å². The second-order valence-corrected chi connectivity index (χ2v) is 5.64. The van der Waals surface area contributed by atoms with Crippen molar-refractivity contribution in [2.24, 2.45) is 7.05 Å². The number of imidazole rings is 1. The highest BCUT2D eigenvalue weighted by Gasteiger charge is 2.28. The molecule has 1 amide bonds. The number of fused-ring (bicyclic) bond motifs is 1. The van der Waals surface area contributed by atoms with Crippen LogP contribution in [0.1, 0.15) is 17.9 Å². The van der Waals surface area contributed by atoms with Gasteiger partial charge in [-0.2, -0.15) is 0 Å². The highest BCUT2D eigenvalue weighted by Crippen LogP contribution is 2.36. The Morgan fingerprint density at radius 2 is 2.40 bits per heavy atom. The van der Waals surface area contributed by atoms with E-state index in [1.54, 1.807) is 17.0 Å². The number of nitrogens with one attached hydrogen (secondary N) is 1. The van der Waals surface area contributed by atoms with Gasteiger partial charge in [0.05, 0.1) is 12.5 Å². The third-order valence-electron chi connectivity index (χ3n) is 3.38. The minimum absolute atomic E-state index is 0.0537. The van der Waals surface area contributed by atoms with Gasteiger partial charge >= 0.3 is 0 Å². The summed E-state index contributed by atoms with van der Waals surface area (Å²) in [5.74, 6) is 1.06. The fourth-order valence-electron chi connectivity index (χ4n) is 2.32. The summed E-state index contributed by atoms with van der Waals surface area (Å²) in [4.78, 5) is 16.6. The van der Waals surface area contributed by atoms with E-state index in [2.05, 4.69) is 26.2 Å². The summed E-state index contributed by atoms with van der Waals surface area (Å²) in [6.45, 7) is 0.549. The Hall–Kier alpha value is -1.82. The first-order valence-corrected chi connectivity index (χ1v) is 7.15. The van der Waals surface area contributed by atoms with E-state index < -0.39 is 0 Å². The second kappa shape index (κ2) is 5.28. The molecule has 1 aliphatic heterocycles. The molecule has 0 saturated carbocycles. The van der Waals surface area contributed by atoms with Crippen LogP contribution in [-0.4, -0.2) is 22.1 Å². The molecule has 1 aliphatic rings. The van der Waals surface area contributed by atoms with E-state index in [4.69, 9.17) is 4.74 Å². The van der Waals surface area contributed by atoms with Crippen LogP contribution in [-0.2, 0) is 11.8 Å². The Morgan fingerprint density at radius 1 is 1.55 bits per heavy atom. The molecule has 6 heteroatoms. The Bertz CT molecular complexity index is 654. The number of aryl methyl sites for hydroxylation is 1. The van der Waals surface area contributed by atoms with Crippen molar-refractivity contribution in [3.63, 3.8) is 0 Å². The highest BCUT2D eigenvalue weighted by molar-refractivity contribution is 9.10. The topological polar surface area (TPSA) is 56.2 Å². The van der Waals surface area contributed by atoms with Gasteiger partial charge in [-0.05, 0) is 24.6 Å². The van der Waals surface area contributed by atoms with Gasteiger partial charge in [-0.3, -0.25) is 10.1 Å². The van der Waals surface area contributed by atoms with Crippen molar-refractivity contribution in [1.82, 2.24) is 9.55 Å². The maximum Gasteiger partial charge on any atom is 0.234 e. The lowest BCUT2D eigenvalue weighted by atomic mass is 9.92. The number of ether oxygens (including phenoxy) is 1. The highest BCUT2D eigenvalue weighted by atomic mass is 79.9. The third kappa shape index (κ3) is 2.43. The number of halogens is 1. The minimum Gasteiger partial charge on any atom is -0.493 e. The van der Waals surface area contributed by atoms with E-state index in [1.165, 1.54) is 0 Å². The minimum atomic E-state index is -0.215. The van der Waals surface area contributed by atoms with Gasteiger partial charge in [0.1, 0.15) is 5.75 Å². The van der Waals surface area contributed by atoms with E-state index in [0.29, 0.717) is 19.0 Å². The molecule has 0 spiro atoms. The molecule has 2 aromatic rings. The zero-order valence-corrected chi connectivity index (χ0v) is 12.6.